The molecule has 0 unspecified atom stereocenters. The van der Waals surface area contributed by atoms with Gasteiger partial charge in [-0.25, -0.2) is 0 Å². The molecule has 1 aromatic rings. The molecule has 0 spiro atoms. The molecule has 94 valence electrons. The molecule has 0 heteroatoms. The number of allylic oxidation sites excluding steroid dienone is 2. The smallest absolute Gasteiger partial charge is 0.0143 e. The van der Waals surface area contributed by atoms with E-state index in [1.807, 2.05) is 5.57 Å². The molecular formula is C18H22. The molecule has 0 aromatic heterocycles. The van der Waals surface area contributed by atoms with Crippen LogP contribution in [-0.2, 0) is 6.42 Å². The van der Waals surface area contributed by atoms with E-state index in [-0.39, 0.29) is 0 Å². The van der Waals surface area contributed by atoms with Crippen molar-refractivity contribution < 1.29 is 0 Å². The van der Waals surface area contributed by atoms with Crippen LogP contribution in [0.5, 0.6) is 0 Å². The Morgan fingerprint density at radius 3 is 2.89 bits per heavy atom. The van der Waals surface area contributed by atoms with Crippen LogP contribution in [0.3, 0.4) is 0 Å². The summed E-state index contributed by atoms with van der Waals surface area (Å²) in [6.45, 7) is 2.55. The van der Waals surface area contributed by atoms with Crippen molar-refractivity contribution in [2.45, 2.75) is 51.9 Å². The van der Waals surface area contributed by atoms with E-state index in [0.717, 1.165) is 5.92 Å². The number of aryl methyl sites for hydroxylation is 1. The van der Waals surface area contributed by atoms with Crippen LogP contribution in [0.2, 0.25) is 0 Å². The van der Waals surface area contributed by atoms with Crippen molar-refractivity contribution in [1.82, 2.24) is 0 Å². The summed E-state index contributed by atoms with van der Waals surface area (Å²) in [5.74, 6) is 0.912. The number of fused-ring (bicyclic) bond motifs is 4. The molecule has 18 heavy (non-hydrogen) atoms. The Hall–Kier alpha value is -1.04. The maximum atomic E-state index is 2.55. The van der Waals surface area contributed by atoms with E-state index in [9.17, 15) is 0 Å². The fourth-order valence-electron chi connectivity index (χ4n) is 4.84. The Morgan fingerprint density at radius 1 is 1.06 bits per heavy atom. The van der Waals surface area contributed by atoms with Crippen LogP contribution in [0.15, 0.2) is 29.8 Å². The zero-order valence-corrected chi connectivity index (χ0v) is 11.3. The van der Waals surface area contributed by atoms with Gasteiger partial charge in [0.2, 0.25) is 0 Å². The lowest BCUT2D eigenvalue weighted by Gasteiger charge is -2.42. The summed E-state index contributed by atoms with van der Waals surface area (Å²) in [6.07, 6.45) is 9.76. The number of benzene rings is 1. The molecule has 2 atom stereocenters. The van der Waals surface area contributed by atoms with Crippen molar-refractivity contribution >= 4 is 5.57 Å². The van der Waals surface area contributed by atoms with E-state index in [1.165, 1.54) is 44.9 Å². The van der Waals surface area contributed by atoms with Gasteiger partial charge in [-0.1, -0.05) is 43.2 Å². The molecule has 0 heterocycles. The molecule has 3 aliphatic carbocycles. The SMILES string of the molecule is C[C@@]12CCC[C@H]1C1=C(CC2)c2ccccc2CC1. The topological polar surface area (TPSA) is 0 Å². The molecule has 0 bridgehead atoms. The molecule has 0 saturated heterocycles. The third kappa shape index (κ3) is 1.38. The largest absolute Gasteiger partial charge is 0.0624 e. The maximum Gasteiger partial charge on any atom is -0.0143 e. The minimum Gasteiger partial charge on any atom is -0.0624 e. The lowest BCUT2D eigenvalue weighted by atomic mass is 9.63. The summed E-state index contributed by atoms with van der Waals surface area (Å²) in [6, 6.07) is 9.12. The lowest BCUT2D eigenvalue weighted by molar-refractivity contribution is 0.226. The normalized spacial score (nSPS) is 33.9. The standard InChI is InChI=1S/C18H22/c1-18-11-4-7-17(18)16-9-8-13-5-2-3-6-14(13)15(16)10-12-18/h2-3,5-6,17H,4,7-12H2,1H3/t17-,18-/m0/s1. The van der Waals surface area contributed by atoms with Crippen molar-refractivity contribution in [2.24, 2.45) is 11.3 Å². The first-order valence-corrected chi connectivity index (χ1v) is 7.58. The fourth-order valence-corrected chi connectivity index (χ4v) is 4.84. The minimum atomic E-state index is 0.644. The number of rotatable bonds is 0. The summed E-state index contributed by atoms with van der Waals surface area (Å²) in [7, 11) is 0. The number of hydrogen-bond donors (Lipinski definition) is 0. The van der Waals surface area contributed by atoms with Crippen LogP contribution >= 0.6 is 0 Å². The van der Waals surface area contributed by atoms with Gasteiger partial charge in [-0.3, -0.25) is 0 Å². The second kappa shape index (κ2) is 3.73. The summed E-state index contributed by atoms with van der Waals surface area (Å²) in [5.41, 5.74) is 7.41. The van der Waals surface area contributed by atoms with Gasteiger partial charge in [0.1, 0.15) is 0 Å². The van der Waals surface area contributed by atoms with Crippen molar-refractivity contribution in [2.75, 3.05) is 0 Å². The molecule has 0 nitrogen and oxygen atoms in total. The molecule has 0 N–H and O–H groups in total. The van der Waals surface area contributed by atoms with Gasteiger partial charge in [-0.05, 0) is 66.6 Å². The molecule has 0 radical (unpaired) electrons. The molecule has 1 fully saturated rings. The monoisotopic (exact) mass is 238 g/mol. The first-order chi connectivity index (χ1) is 8.78. The van der Waals surface area contributed by atoms with E-state index in [2.05, 4.69) is 31.2 Å². The van der Waals surface area contributed by atoms with Gasteiger partial charge in [0.05, 0.1) is 0 Å². The molecule has 0 aliphatic heterocycles. The highest BCUT2D eigenvalue weighted by Crippen LogP contribution is 2.57. The van der Waals surface area contributed by atoms with Crippen molar-refractivity contribution in [3.63, 3.8) is 0 Å². The van der Waals surface area contributed by atoms with Gasteiger partial charge in [0, 0.05) is 0 Å². The highest BCUT2D eigenvalue weighted by atomic mass is 14.5. The van der Waals surface area contributed by atoms with E-state index < -0.39 is 0 Å². The third-order valence-corrected chi connectivity index (χ3v) is 5.84. The van der Waals surface area contributed by atoms with E-state index in [1.54, 1.807) is 16.7 Å². The van der Waals surface area contributed by atoms with E-state index in [4.69, 9.17) is 0 Å². The third-order valence-electron chi connectivity index (χ3n) is 5.84. The maximum absolute atomic E-state index is 2.55. The van der Waals surface area contributed by atoms with Gasteiger partial charge in [0.25, 0.3) is 0 Å². The van der Waals surface area contributed by atoms with Crippen LogP contribution in [0, 0.1) is 11.3 Å². The summed E-state index contributed by atoms with van der Waals surface area (Å²) < 4.78 is 0. The van der Waals surface area contributed by atoms with E-state index >= 15 is 0 Å². The van der Waals surface area contributed by atoms with Crippen molar-refractivity contribution in [3.8, 4) is 0 Å². The Labute approximate surface area is 110 Å². The molecule has 3 aliphatic rings. The fraction of sp³-hybridized carbons (Fsp3) is 0.556. The number of hydrogen-bond acceptors (Lipinski definition) is 0. The molecule has 1 saturated carbocycles. The highest BCUT2D eigenvalue weighted by Gasteiger charge is 2.44. The van der Waals surface area contributed by atoms with Gasteiger partial charge >= 0.3 is 0 Å². The van der Waals surface area contributed by atoms with Crippen LogP contribution in [0.1, 0.15) is 56.6 Å². The first-order valence-electron chi connectivity index (χ1n) is 7.58. The van der Waals surface area contributed by atoms with Gasteiger partial charge in [-0.2, -0.15) is 0 Å². The molecule has 4 rings (SSSR count). The summed E-state index contributed by atoms with van der Waals surface area (Å²) in [4.78, 5) is 0. The molecule has 0 amide bonds. The van der Waals surface area contributed by atoms with Crippen LogP contribution in [-0.4, -0.2) is 0 Å². The van der Waals surface area contributed by atoms with Crippen LogP contribution < -0.4 is 0 Å². The Kier molecular flexibility index (Phi) is 2.24. The van der Waals surface area contributed by atoms with Gasteiger partial charge in [0.15, 0.2) is 0 Å². The zero-order valence-electron chi connectivity index (χ0n) is 11.3. The first kappa shape index (κ1) is 10.8. The van der Waals surface area contributed by atoms with Gasteiger partial charge in [-0.15, -0.1) is 0 Å². The predicted octanol–water partition coefficient (Wildman–Crippen LogP) is 4.99. The predicted molar refractivity (Wildman–Crippen MR) is 76.4 cm³/mol. The molecule has 1 aromatic carbocycles. The highest BCUT2D eigenvalue weighted by molar-refractivity contribution is 5.74. The second-order valence-corrected chi connectivity index (χ2v) is 6.76. The average Bonchev–Trinajstić information content (AvgIpc) is 2.80. The average molecular weight is 238 g/mol. The Morgan fingerprint density at radius 2 is 1.94 bits per heavy atom. The quantitative estimate of drug-likeness (QED) is 0.597. The lowest BCUT2D eigenvalue weighted by Crippen LogP contribution is -2.29. The Bertz CT molecular complexity index is 523. The van der Waals surface area contributed by atoms with Crippen molar-refractivity contribution in [1.29, 1.82) is 0 Å². The summed E-state index contributed by atoms with van der Waals surface area (Å²) >= 11 is 0. The van der Waals surface area contributed by atoms with E-state index in [0.29, 0.717) is 5.41 Å². The Balaban J connectivity index is 1.85. The van der Waals surface area contributed by atoms with Gasteiger partial charge < -0.3 is 0 Å². The second-order valence-electron chi connectivity index (χ2n) is 6.76. The molecular weight excluding hydrogens is 216 g/mol. The zero-order chi connectivity index (χ0) is 12.2. The van der Waals surface area contributed by atoms with Crippen LogP contribution in [0.25, 0.3) is 5.57 Å². The minimum absolute atomic E-state index is 0.644. The van der Waals surface area contributed by atoms with Crippen molar-refractivity contribution in [3.05, 3.63) is 41.0 Å². The van der Waals surface area contributed by atoms with Crippen LogP contribution in [0.4, 0.5) is 0 Å². The summed E-state index contributed by atoms with van der Waals surface area (Å²) in [5, 5.41) is 0.